The van der Waals surface area contributed by atoms with Crippen LogP contribution in [0, 0.1) is 0 Å². The molecular formula is C4H6NO4S-. The normalized spacial score (nSPS) is 12.2. The lowest BCUT2D eigenvalue weighted by molar-refractivity contribution is -0.126. The fourth-order valence-corrected chi connectivity index (χ4v) is 0.613. The minimum Gasteiger partial charge on any atom is -0.755 e. The number of hydrogen-bond donors (Lipinski definition) is 1. The summed E-state index contributed by atoms with van der Waals surface area (Å²) in [6, 6.07) is 0. The van der Waals surface area contributed by atoms with Crippen LogP contribution in [0.15, 0.2) is 0 Å². The van der Waals surface area contributed by atoms with Gasteiger partial charge in [-0.25, -0.2) is 0 Å². The van der Waals surface area contributed by atoms with Crippen LogP contribution in [0.25, 0.3) is 0 Å². The molecule has 10 heavy (non-hydrogen) atoms. The molecule has 0 aliphatic rings. The van der Waals surface area contributed by atoms with Crippen LogP contribution in [0.4, 0.5) is 0 Å². The van der Waals surface area contributed by atoms with Crippen LogP contribution in [-0.4, -0.2) is 20.5 Å². The van der Waals surface area contributed by atoms with Crippen molar-refractivity contribution >= 4 is 23.0 Å². The van der Waals surface area contributed by atoms with E-state index in [2.05, 4.69) is 0 Å². The van der Waals surface area contributed by atoms with Gasteiger partial charge in [-0.1, -0.05) is 0 Å². The Morgan fingerprint density at radius 3 is 2.40 bits per heavy atom. The molecule has 0 aromatic rings. The van der Waals surface area contributed by atoms with Gasteiger partial charge in [-0.15, -0.1) is 0 Å². The van der Waals surface area contributed by atoms with Crippen molar-refractivity contribution in [3.8, 4) is 0 Å². The Kier molecular flexibility index (Phi) is 3.82. The maximum atomic E-state index is 10.3. The first-order valence-electron chi connectivity index (χ1n) is 2.40. The number of carbonyl (C=O) groups is 2. The Balaban J connectivity index is 3.65. The highest BCUT2D eigenvalue weighted by atomic mass is 32.2. The van der Waals surface area contributed by atoms with Gasteiger partial charge in [0.05, 0.1) is 6.42 Å². The molecule has 0 saturated heterocycles. The fraction of sp³-hybridized carbons (Fsp3) is 0.500. The maximum Gasteiger partial charge on any atom is 0.238 e. The third-order valence-electron chi connectivity index (χ3n) is 0.607. The lowest BCUT2D eigenvalue weighted by Crippen LogP contribution is -2.26. The smallest absolute Gasteiger partial charge is 0.238 e. The standard InChI is InChI=1S/C4H7NO4S/c1-3(6)2-4(7)5-10(8)9/h2H2,1H3,(H,5,7)(H,8,9)/p-1. The van der Waals surface area contributed by atoms with Gasteiger partial charge in [-0.2, -0.15) is 0 Å². The first-order chi connectivity index (χ1) is 4.52. The summed E-state index contributed by atoms with van der Waals surface area (Å²) in [4.78, 5) is 20.5. The van der Waals surface area contributed by atoms with Gasteiger partial charge < -0.3 is 4.55 Å². The summed E-state index contributed by atoms with van der Waals surface area (Å²) >= 11 is -2.61. The number of hydrogen-bond acceptors (Lipinski definition) is 4. The fourth-order valence-electron chi connectivity index (χ4n) is 0.355. The van der Waals surface area contributed by atoms with Crippen molar-refractivity contribution in [1.29, 1.82) is 0 Å². The number of carbonyl (C=O) groups excluding carboxylic acids is 2. The molecule has 0 aromatic carbocycles. The number of ketones is 1. The molecule has 0 bridgehead atoms. The van der Waals surface area contributed by atoms with Gasteiger partial charge in [0.25, 0.3) is 0 Å². The van der Waals surface area contributed by atoms with Gasteiger partial charge in [0.1, 0.15) is 5.78 Å². The maximum absolute atomic E-state index is 10.3. The van der Waals surface area contributed by atoms with Gasteiger partial charge in [-0.05, 0) is 6.92 Å². The van der Waals surface area contributed by atoms with Crippen LogP contribution in [-0.2, 0) is 20.9 Å². The molecule has 5 nitrogen and oxygen atoms in total. The molecule has 0 aromatic heterocycles. The van der Waals surface area contributed by atoms with Crippen LogP contribution < -0.4 is 4.72 Å². The SMILES string of the molecule is CC(=O)CC(=O)NS(=O)[O-]. The van der Waals surface area contributed by atoms with Gasteiger partial charge in [0, 0.05) is 11.3 Å². The second kappa shape index (κ2) is 4.13. The van der Waals surface area contributed by atoms with E-state index < -0.39 is 23.6 Å². The Labute approximate surface area is 60.2 Å². The molecule has 0 rings (SSSR count). The van der Waals surface area contributed by atoms with Crippen LogP contribution in [0.3, 0.4) is 0 Å². The van der Waals surface area contributed by atoms with E-state index in [-0.39, 0.29) is 5.78 Å². The highest BCUT2D eigenvalue weighted by molar-refractivity contribution is 7.77. The largest absolute Gasteiger partial charge is 0.755 e. The number of amides is 1. The second-order valence-electron chi connectivity index (χ2n) is 1.64. The second-order valence-corrected chi connectivity index (χ2v) is 2.31. The lowest BCUT2D eigenvalue weighted by Gasteiger charge is -2.04. The summed E-state index contributed by atoms with van der Waals surface area (Å²) in [6.07, 6.45) is -0.395. The average molecular weight is 164 g/mol. The van der Waals surface area contributed by atoms with Gasteiger partial charge in [0.2, 0.25) is 5.91 Å². The van der Waals surface area contributed by atoms with E-state index in [0.29, 0.717) is 0 Å². The summed E-state index contributed by atoms with van der Waals surface area (Å²) in [7, 11) is 0. The summed E-state index contributed by atoms with van der Waals surface area (Å²) in [6.45, 7) is 1.20. The van der Waals surface area contributed by atoms with Gasteiger partial charge in [-0.3, -0.25) is 18.5 Å². The Bertz CT molecular complexity index is 160. The van der Waals surface area contributed by atoms with Crippen LogP contribution in [0.1, 0.15) is 13.3 Å². The molecule has 1 unspecified atom stereocenters. The third kappa shape index (κ3) is 5.39. The number of rotatable bonds is 3. The summed E-state index contributed by atoms with van der Waals surface area (Å²) in [5.41, 5.74) is 0. The predicted molar refractivity (Wildman–Crippen MR) is 32.4 cm³/mol. The average Bonchev–Trinajstić information content (AvgIpc) is 1.58. The van der Waals surface area contributed by atoms with E-state index in [0.717, 1.165) is 0 Å². The molecule has 6 heteroatoms. The Morgan fingerprint density at radius 2 is 2.10 bits per heavy atom. The molecule has 1 atom stereocenters. The minimum atomic E-state index is -2.61. The van der Waals surface area contributed by atoms with Gasteiger partial charge >= 0.3 is 0 Å². The zero-order valence-electron chi connectivity index (χ0n) is 5.25. The van der Waals surface area contributed by atoms with E-state index in [1.807, 2.05) is 0 Å². The highest BCUT2D eigenvalue weighted by Gasteiger charge is 2.02. The number of nitrogens with one attached hydrogen (secondary N) is 1. The first kappa shape index (κ1) is 9.25. The summed E-state index contributed by atoms with van der Waals surface area (Å²) < 4.78 is 21.0. The Morgan fingerprint density at radius 1 is 1.60 bits per heavy atom. The first-order valence-corrected chi connectivity index (χ1v) is 3.48. The molecule has 0 heterocycles. The van der Waals surface area contributed by atoms with Crippen molar-refractivity contribution < 1.29 is 18.4 Å². The lowest BCUT2D eigenvalue weighted by atomic mass is 10.3. The van der Waals surface area contributed by atoms with Gasteiger partial charge in [0.15, 0.2) is 0 Å². The Hall–Kier alpha value is -0.750. The monoisotopic (exact) mass is 164 g/mol. The van der Waals surface area contributed by atoms with Crippen molar-refractivity contribution in [3.05, 3.63) is 0 Å². The predicted octanol–water partition coefficient (Wildman–Crippen LogP) is -1.12. The zero-order chi connectivity index (χ0) is 8.15. The highest BCUT2D eigenvalue weighted by Crippen LogP contribution is 1.80. The molecule has 0 fully saturated rings. The molecule has 58 valence electrons. The zero-order valence-corrected chi connectivity index (χ0v) is 6.06. The number of Topliss-reactive ketones (excluding diaryl/α,β-unsaturated/α-hetero) is 1. The molecule has 1 amide bonds. The van der Waals surface area contributed by atoms with Crippen molar-refractivity contribution in [2.45, 2.75) is 13.3 Å². The van der Waals surface area contributed by atoms with Crippen molar-refractivity contribution in [2.75, 3.05) is 0 Å². The molecular weight excluding hydrogens is 158 g/mol. The molecule has 0 radical (unpaired) electrons. The summed E-state index contributed by atoms with van der Waals surface area (Å²) in [5.74, 6) is -1.18. The topological polar surface area (TPSA) is 86.3 Å². The molecule has 1 N–H and O–H groups in total. The van der Waals surface area contributed by atoms with Crippen LogP contribution in [0.2, 0.25) is 0 Å². The molecule has 0 saturated carbocycles. The van der Waals surface area contributed by atoms with Crippen molar-refractivity contribution in [1.82, 2.24) is 4.72 Å². The summed E-state index contributed by atoms with van der Waals surface area (Å²) in [5, 5.41) is 0. The molecule has 0 aliphatic carbocycles. The van der Waals surface area contributed by atoms with E-state index >= 15 is 0 Å². The van der Waals surface area contributed by atoms with E-state index in [4.69, 9.17) is 0 Å². The van der Waals surface area contributed by atoms with Crippen molar-refractivity contribution in [3.63, 3.8) is 0 Å². The molecule has 0 spiro atoms. The van der Waals surface area contributed by atoms with Crippen molar-refractivity contribution in [2.24, 2.45) is 0 Å². The van der Waals surface area contributed by atoms with E-state index in [1.165, 1.54) is 11.6 Å². The quantitative estimate of drug-likeness (QED) is 0.422. The van der Waals surface area contributed by atoms with E-state index in [9.17, 15) is 18.4 Å². The minimum absolute atomic E-state index is 0.372. The molecule has 0 aliphatic heterocycles. The van der Waals surface area contributed by atoms with Crippen LogP contribution in [0.5, 0.6) is 0 Å². The van der Waals surface area contributed by atoms with E-state index in [1.54, 1.807) is 0 Å². The van der Waals surface area contributed by atoms with Crippen LogP contribution >= 0.6 is 0 Å². The third-order valence-corrected chi connectivity index (χ3v) is 1.00.